The maximum Gasteiger partial charge on any atom is 0.227 e. The summed E-state index contributed by atoms with van der Waals surface area (Å²) in [6.07, 6.45) is 0. The molecule has 0 aliphatic rings. The van der Waals surface area contributed by atoms with Crippen molar-refractivity contribution >= 4 is 61.2 Å². The molecule has 44 heavy (non-hydrogen) atoms. The third-order valence-electron chi connectivity index (χ3n) is 7.92. The molecule has 208 valence electrons. The molecule has 0 spiro atoms. The number of hydrogen-bond donors (Lipinski definition) is 0. The molecule has 9 rings (SSSR count). The number of rotatable bonds is 5. The van der Waals surface area contributed by atoms with Gasteiger partial charge in [0.25, 0.3) is 0 Å². The van der Waals surface area contributed by atoms with E-state index >= 15 is 0 Å². The van der Waals surface area contributed by atoms with Crippen molar-refractivity contribution in [3.8, 4) is 22.9 Å². The highest BCUT2D eigenvalue weighted by Gasteiger charge is 2.17. The Bertz CT molecular complexity index is 2420. The van der Waals surface area contributed by atoms with Crippen molar-refractivity contribution in [3.05, 3.63) is 140 Å². The van der Waals surface area contributed by atoms with Crippen LogP contribution in [0.1, 0.15) is 0 Å². The van der Waals surface area contributed by atoms with Crippen molar-refractivity contribution in [2.24, 2.45) is 0 Å². The van der Waals surface area contributed by atoms with E-state index in [2.05, 4.69) is 53.4 Å². The third kappa shape index (κ3) is 4.04. The van der Waals surface area contributed by atoms with Gasteiger partial charge >= 0.3 is 0 Å². The van der Waals surface area contributed by atoms with Gasteiger partial charge in [0.15, 0.2) is 11.2 Å². The Hall–Kier alpha value is -6.14. The highest BCUT2D eigenvalue weighted by Crippen LogP contribution is 2.37. The molecule has 0 fully saturated rings. The summed E-state index contributed by atoms with van der Waals surface area (Å²) in [5, 5.41) is 2.10. The molecule has 0 aliphatic carbocycles. The molecule has 0 bridgehead atoms. The average molecular weight is 570 g/mol. The maximum absolute atomic E-state index is 6.22. The Morgan fingerprint density at radius 3 is 1.64 bits per heavy atom. The number of furan rings is 1. The Balaban J connectivity index is 1.08. The quantitative estimate of drug-likeness (QED) is 0.205. The van der Waals surface area contributed by atoms with Gasteiger partial charge < -0.3 is 18.2 Å². The van der Waals surface area contributed by atoms with E-state index in [9.17, 15) is 0 Å². The fraction of sp³-hybridized carbons (Fsp3) is 0. The van der Waals surface area contributed by atoms with Gasteiger partial charge in [-0.25, -0.2) is 9.97 Å². The number of benzene rings is 6. The van der Waals surface area contributed by atoms with Crippen LogP contribution < -0.4 is 4.90 Å². The normalized spacial score (nSPS) is 11.6. The largest absolute Gasteiger partial charge is 0.456 e. The van der Waals surface area contributed by atoms with E-state index in [-0.39, 0.29) is 0 Å². The number of oxazole rings is 2. The monoisotopic (exact) mass is 569 g/mol. The smallest absolute Gasteiger partial charge is 0.227 e. The van der Waals surface area contributed by atoms with Crippen LogP contribution in [-0.4, -0.2) is 9.97 Å². The highest BCUT2D eigenvalue weighted by molar-refractivity contribution is 6.06. The number of hydrogen-bond acceptors (Lipinski definition) is 6. The molecule has 6 aromatic carbocycles. The lowest BCUT2D eigenvalue weighted by Crippen LogP contribution is -2.09. The summed E-state index contributed by atoms with van der Waals surface area (Å²) in [6, 6.07) is 46.6. The summed E-state index contributed by atoms with van der Waals surface area (Å²) in [7, 11) is 0. The van der Waals surface area contributed by atoms with Crippen LogP contribution >= 0.6 is 0 Å². The lowest BCUT2D eigenvalue weighted by molar-refractivity contribution is 0.618. The number of nitrogens with zero attached hydrogens (tertiary/aromatic N) is 3. The second-order valence-electron chi connectivity index (χ2n) is 10.7. The molecule has 0 aliphatic heterocycles. The van der Waals surface area contributed by atoms with Crippen molar-refractivity contribution < 1.29 is 13.3 Å². The molecule has 0 saturated heterocycles. The van der Waals surface area contributed by atoms with Crippen molar-refractivity contribution in [1.29, 1.82) is 0 Å². The van der Waals surface area contributed by atoms with E-state index in [4.69, 9.17) is 23.2 Å². The maximum atomic E-state index is 6.22. The molecule has 0 amide bonds. The predicted molar refractivity (Wildman–Crippen MR) is 174 cm³/mol. The zero-order chi connectivity index (χ0) is 29.0. The Morgan fingerprint density at radius 2 is 0.932 bits per heavy atom. The minimum atomic E-state index is 0.529. The minimum Gasteiger partial charge on any atom is -0.456 e. The summed E-state index contributed by atoms with van der Waals surface area (Å²) in [5.41, 5.74) is 9.45. The lowest BCUT2D eigenvalue weighted by atomic mass is 10.1. The molecule has 0 saturated carbocycles. The van der Waals surface area contributed by atoms with Gasteiger partial charge in [-0.2, -0.15) is 0 Å². The molecule has 0 N–H and O–H groups in total. The van der Waals surface area contributed by atoms with Crippen molar-refractivity contribution in [3.63, 3.8) is 0 Å². The number of aromatic nitrogens is 2. The van der Waals surface area contributed by atoms with Crippen LogP contribution in [0, 0.1) is 0 Å². The summed E-state index contributed by atoms with van der Waals surface area (Å²) in [4.78, 5) is 11.9. The molecular formula is C38H23N3O3. The molecule has 6 nitrogen and oxygen atoms in total. The second kappa shape index (κ2) is 9.71. The fourth-order valence-corrected chi connectivity index (χ4v) is 5.82. The average Bonchev–Trinajstić information content (AvgIpc) is 3.80. The molecule has 3 heterocycles. The lowest BCUT2D eigenvalue weighted by Gasteiger charge is -2.25. The van der Waals surface area contributed by atoms with E-state index in [0.29, 0.717) is 22.9 Å². The molecule has 0 unspecified atom stereocenters. The second-order valence-corrected chi connectivity index (χ2v) is 10.7. The molecule has 3 aromatic heterocycles. The van der Waals surface area contributed by atoms with Gasteiger partial charge in [-0.05, 0) is 84.9 Å². The first-order valence-corrected chi connectivity index (χ1v) is 14.4. The Kier molecular flexibility index (Phi) is 5.40. The van der Waals surface area contributed by atoms with Crippen molar-refractivity contribution in [2.45, 2.75) is 0 Å². The fourth-order valence-electron chi connectivity index (χ4n) is 5.82. The van der Waals surface area contributed by atoms with Crippen LogP contribution in [0.3, 0.4) is 0 Å². The molecule has 0 radical (unpaired) electrons. The van der Waals surface area contributed by atoms with Crippen LogP contribution in [0.4, 0.5) is 17.1 Å². The first-order valence-electron chi connectivity index (χ1n) is 14.4. The van der Waals surface area contributed by atoms with Crippen LogP contribution in [0.5, 0.6) is 0 Å². The number of para-hydroxylation sites is 3. The molecular weight excluding hydrogens is 546 g/mol. The van der Waals surface area contributed by atoms with Gasteiger partial charge in [0.05, 0.1) is 0 Å². The van der Waals surface area contributed by atoms with Crippen LogP contribution in [0.15, 0.2) is 153 Å². The van der Waals surface area contributed by atoms with E-state index < -0.39 is 0 Å². The Labute approximate surface area is 251 Å². The molecule has 6 heteroatoms. The van der Waals surface area contributed by atoms with Gasteiger partial charge in [0.2, 0.25) is 11.8 Å². The topological polar surface area (TPSA) is 68.4 Å². The van der Waals surface area contributed by atoms with Crippen LogP contribution in [-0.2, 0) is 0 Å². The summed E-state index contributed by atoms with van der Waals surface area (Å²) in [6.45, 7) is 0. The van der Waals surface area contributed by atoms with E-state index in [1.165, 1.54) is 0 Å². The van der Waals surface area contributed by atoms with Crippen molar-refractivity contribution in [1.82, 2.24) is 9.97 Å². The van der Waals surface area contributed by atoms with Crippen LogP contribution in [0.25, 0.3) is 67.0 Å². The SMILES string of the molecule is c1ccc(N(c2ccccc2)c2ccc3oc(-c4ccc5oc(-c6ccc7oc8ccccc8c7c6)nc5c4)nc3c2)cc1. The first kappa shape index (κ1) is 24.5. The predicted octanol–water partition coefficient (Wildman–Crippen LogP) is 10.7. The van der Waals surface area contributed by atoms with Gasteiger partial charge in [-0.3, -0.25) is 0 Å². The zero-order valence-electron chi connectivity index (χ0n) is 23.3. The summed E-state index contributed by atoms with van der Waals surface area (Å²) in [5.74, 6) is 1.08. The summed E-state index contributed by atoms with van der Waals surface area (Å²) >= 11 is 0. The third-order valence-corrected chi connectivity index (χ3v) is 7.92. The first-order chi connectivity index (χ1) is 21.8. The van der Waals surface area contributed by atoms with Gasteiger partial charge in [-0.15, -0.1) is 0 Å². The van der Waals surface area contributed by atoms with Crippen molar-refractivity contribution in [2.75, 3.05) is 4.90 Å². The van der Waals surface area contributed by atoms with Gasteiger partial charge in [0.1, 0.15) is 22.2 Å². The summed E-state index contributed by atoms with van der Waals surface area (Å²) < 4.78 is 18.4. The van der Waals surface area contributed by atoms with E-state index in [0.717, 1.165) is 61.2 Å². The highest BCUT2D eigenvalue weighted by atomic mass is 16.4. The number of fused-ring (bicyclic) bond motifs is 5. The van der Waals surface area contributed by atoms with E-state index in [1.807, 2.05) is 91.0 Å². The van der Waals surface area contributed by atoms with Crippen LogP contribution in [0.2, 0.25) is 0 Å². The van der Waals surface area contributed by atoms with Gasteiger partial charge in [0, 0.05) is 39.0 Å². The minimum absolute atomic E-state index is 0.529. The zero-order valence-corrected chi connectivity index (χ0v) is 23.3. The number of anilines is 3. The molecule has 0 atom stereocenters. The van der Waals surface area contributed by atoms with E-state index in [1.54, 1.807) is 0 Å². The Morgan fingerprint density at radius 1 is 0.386 bits per heavy atom. The molecule has 9 aromatic rings. The standard InChI is InChI=1S/C38H23N3O3/c1-3-9-26(10-4-1)41(27-11-5-2-6-12-27)28-17-20-36-32(23-28)40-38(44-36)25-16-19-35-31(22-25)39-37(43-35)24-15-18-34-30(21-24)29-13-7-8-14-33(29)42-34/h1-23H. The van der Waals surface area contributed by atoms with Gasteiger partial charge in [-0.1, -0.05) is 54.6 Å².